The van der Waals surface area contributed by atoms with Gasteiger partial charge in [-0.05, 0) is 19.4 Å². The van der Waals surface area contributed by atoms with Crippen molar-refractivity contribution in [3.8, 4) is 0 Å². The lowest BCUT2D eigenvalue weighted by Crippen LogP contribution is -2.44. The molecule has 0 fully saturated rings. The maximum atomic E-state index is 5.46. The second-order valence-electron chi connectivity index (χ2n) is 3.83. The van der Waals surface area contributed by atoms with Crippen LogP contribution in [0.2, 0.25) is 0 Å². The van der Waals surface area contributed by atoms with E-state index in [1.54, 1.807) is 7.11 Å². The fourth-order valence-corrected chi connectivity index (χ4v) is 1.58. The number of ether oxygens (including phenoxy) is 1. The zero-order valence-electron chi connectivity index (χ0n) is 9.55. The second-order valence-corrected chi connectivity index (χ2v) is 3.83. The Morgan fingerprint density at radius 2 is 2.00 bits per heavy atom. The van der Waals surface area contributed by atoms with Crippen LogP contribution in [-0.2, 0) is 4.74 Å². The third-order valence-electron chi connectivity index (χ3n) is 2.21. The summed E-state index contributed by atoms with van der Waals surface area (Å²) in [6, 6.07) is 0.273. The van der Waals surface area contributed by atoms with Crippen molar-refractivity contribution in [2.45, 2.75) is 39.8 Å². The molecule has 2 heteroatoms. The van der Waals surface area contributed by atoms with Crippen molar-refractivity contribution in [2.24, 2.45) is 5.92 Å². The molecule has 0 aromatic heterocycles. The van der Waals surface area contributed by atoms with Crippen LogP contribution in [0.15, 0.2) is 12.2 Å². The molecule has 0 saturated carbocycles. The predicted octanol–water partition coefficient (Wildman–Crippen LogP) is 2.21. The summed E-state index contributed by atoms with van der Waals surface area (Å²) in [6.07, 6.45) is 0.220. The van der Waals surface area contributed by atoms with E-state index in [1.165, 1.54) is 0 Å². The van der Waals surface area contributed by atoms with Gasteiger partial charge >= 0.3 is 0 Å². The first-order chi connectivity index (χ1) is 6.04. The van der Waals surface area contributed by atoms with Crippen molar-refractivity contribution in [2.75, 3.05) is 13.7 Å². The number of nitrogens with one attached hydrogen (secondary N) is 1. The van der Waals surface area contributed by atoms with Gasteiger partial charge in [-0.25, -0.2) is 0 Å². The lowest BCUT2D eigenvalue weighted by Gasteiger charge is -2.30. The minimum atomic E-state index is 0.220. The van der Waals surface area contributed by atoms with Crippen molar-refractivity contribution in [3.05, 3.63) is 12.2 Å². The number of hydrogen-bond acceptors (Lipinski definition) is 2. The van der Waals surface area contributed by atoms with Crippen molar-refractivity contribution in [1.82, 2.24) is 5.32 Å². The third-order valence-corrected chi connectivity index (χ3v) is 2.21. The van der Waals surface area contributed by atoms with Gasteiger partial charge in [0.15, 0.2) is 0 Å². The fourth-order valence-electron chi connectivity index (χ4n) is 1.58. The minimum Gasteiger partial charge on any atom is -0.379 e. The van der Waals surface area contributed by atoms with Gasteiger partial charge in [-0.15, -0.1) is 0 Å². The maximum Gasteiger partial charge on any atom is 0.0785 e. The number of likely N-dealkylation sites (N-methyl/N-ethyl adjacent to an activating group) is 1. The number of rotatable bonds is 6. The average Bonchev–Trinajstić information content (AvgIpc) is 2.03. The van der Waals surface area contributed by atoms with Crippen LogP contribution in [0.25, 0.3) is 0 Å². The van der Waals surface area contributed by atoms with Crippen molar-refractivity contribution in [3.63, 3.8) is 0 Å². The Kier molecular flexibility index (Phi) is 6.00. The Labute approximate surface area is 82.4 Å². The fraction of sp³-hybridized carbons (Fsp3) is 0.818. The molecule has 1 N–H and O–H groups in total. The van der Waals surface area contributed by atoms with Gasteiger partial charge in [0.2, 0.25) is 0 Å². The topological polar surface area (TPSA) is 21.3 Å². The van der Waals surface area contributed by atoms with E-state index >= 15 is 0 Å². The lowest BCUT2D eigenvalue weighted by molar-refractivity contribution is 0.0435. The van der Waals surface area contributed by atoms with Crippen molar-refractivity contribution >= 4 is 0 Å². The molecule has 0 aliphatic rings. The largest absolute Gasteiger partial charge is 0.379 e. The lowest BCUT2D eigenvalue weighted by atomic mass is 9.95. The molecule has 0 rings (SSSR count). The zero-order chi connectivity index (χ0) is 10.4. The Bertz CT molecular complexity index is 154. The molecule has 0 aliphatic carbocycles. The first-order valence-corrected chi connectivity index (χ1v) is 4.96. The van der Waals surface area contributed by atoms with E-state index in [4.69, 9.17) is 4.74 Å². The minimum absolute atomic E-state index is 0.220. The van der Waals surface area contributed by atoms with Gasteiger partial charge in [-0.2, -0.15) is 0 Å². The molecule has 78 valence electrons. The molecule has 0 aromatic rings. The molecule has 0 bridgehead atoms. The van der Waals surface area contributed by atoms with E-state index in [0.717, 1.165) is 12.1 Å². The third kappa shape index (κ3) is 3.92. The van der Waals surface area contributed by atoms with Gasteiger partial charge in [0.25, 0.3) is 0 Å². The molecule has 2 unspecified atom stereocenters. The Hall–Kier alpha value is -0.340. The molecule has 0 aromatic carbocycles. The SMILES string of the molecule is C=C(C)C(NCC)C(OC)C(C)C. The van der Waals surface area contributed by atoms with E-state index < -0.39 is 0 Å². The van der Waals surface area contributed by atoms with Gasteiger partial charge in [0.05, 0.1) is 12.1 Å². The van der Waals surface area contributed by atoms with Gasteiger partial charge in [0.1, 0.15) is 0 Å². The summed E-state index contributed by atoms with van der Waals surface area (Å²) in [4.78, 5) is 0. The van der Waals surface area contributed by atoms with Crippen LogP contribution in [0.3, 0.4) is 0 Å². The smallest absolute Gasteiger partial charge is 0.0785 e. The van der Waals surface area contributed by atoms with Crippen LogP contribution in [0.1, 0.15) is 27.7 Å². The summed E-state index contributed by atoms with van der Waals surface area (Å²) >= 11 is 0. The standard InChI is InChI=1S/C11H23NO/c1-7-12-10(8(2)3)11(13-6)9(4)5/h9-12H,2,7H2,1,3-6H3. The van der Waals surface area contributed by atoms with E-state index in [-0.39, 0.29) is 12.1 Å². The summed E-state index contributed by atoms with van der Waals surface area (Å²) in [5, 5.41) is 3.39. The van der Waals surface area contributed by atoms with E-state index in [2.05, 4.69) is 32.7 Å². The normalized spacial score (nSPS) is 15.8. The highest BCUT2D eigenvalue weighted by Gasteiger charge is 2.23. The molecule has 0 heterocycles. The molecule has 2 atom stereocenters. The summed E-state index contributed by atoms with van der Waals surface area (Å²) in [6.45, 7) is 13.4. The summed E-state index contributed by atoms with van der Waals surface area (Å²) in [5.74, 6) is 0.505. The summed E-state index contributed by atoms with van der Waals surface area (Å²) in [7, 11) is 1.76. The van der Waals surface area contributed by atoms with Crippen LogP contribution < -0.4 is 5.32 Å². The monoisotopic (exact) mass is 185 g/mol. The van der Waals surface area contributed by atoms with Crippen LogP contribution >= 0.6 is 0 Å². The van der Waals surface area contributed by atoms with Crippen molar-refractivity contribution < 1.29 is 4.74 Å². The molecule has 0 spiro atoms. The van der Waals surface area contributed by atoms with Gasteiger partial charge in [-0.3, -0.25) is 0 Å². The van der Waals surface area contributed by atoms with Crippen LogP contribution in [-0.4, -0.2) is 25.8 Å². The predicted molar refractivity (Wildman–Crippen MR) is 57.9 cm³/mol. The van der Waals surface area contributed by atoms with Crippen LogP contribution in [0, 0.1) is 5.92 Å². The van der Waals surface area contributed by atoms with Crippen molar-refractivity contribution in [1.29, 1.82) is 0 Å². The molecular weight excluding hydrogens is 162 g/mol. The highest BCUT2D eigenvalue weighted by molar-refractivity contribution is 5.05. The number of methoxy groups -OCH3 is 1. The Morgan fingerprint density at radius 3 is 2.23 bits per heavy atom. The van der Waals surface area contributed by atoms with E-state index in [9.17, 15) is 0 Å². The van der Waals surface area contributed by atoms with Gasteiger partial charge in [0, 0.05) is 7.11 Å². The van der Waals surface area contributed by atoms with E-state index in [0.29, 0.717) is 5.92 Å². The van der Waals surface area contributed by atoms with Gasteiger partial charge in [-0.1, -0.05) is 32.9 Å². The number of hydrogen-bond donors (Lipinski definition) is 1. The quantitative estimate of drug-likeness (QED) is 0.641. The zero-order valence-corrected chi connectivity index (χ0v) is 9.55. The molecule has 2 nitrogen and oxygen atoms in total. The highest BCUT2D eigenvalue weighted by atomic mass is 16.5. The summed E-state index contributed by atoms with van der Waals surface area (Å²) in [5.41, 5.74) is 1.14. The summed E-state index contributed by atoms with van der Waals surface area (Å²) < 4.78 is 5.46. The first-order valence-electron chi connectivity index (χ1n) is 4.96. The second kappa shape index (κ2) is 6.17. The Morgan fingerprint density at radius 1 is 1.46 bits per heavy atom. The van der Waals surface area contributed by atoms with Crippen LogP contribution in [0.4, 0.5) is 0 Å². The molecule has 0 aliphatic heterocycles. The van der Waals surface area contributed by atoms with Crippen LogP contribution in [0.5, 0.6) is 0 Å². The molecule has 0 amide bonds. The molecule has 13 heavy (non-hydrogen) atoms. The maximum absolute atomic E-state index is 5.46. The van der Waals surface area contributed by atoms with Gasteiger partial charge < -0.3 is 10.1 Å². The molecule has 0 saturated heterocycles. The average molecular weight is 185 g/mol. The Balaban J connectivity index is 4.38. The molecule has 0 radical (unpaired) electrons. The molecular formula is C11H23NO. The highest BCUT2D eigenvalue weighted by Crippen LogP contribution is 2.15. The first kappa shape index (κ1) is 12.7. The van der Waals surface area contributed by atoms with E-state index in [1.807, 2.05) is 6.92 Å².